The third-order valence-corrected chi connectivity index (χ3v) is 5.75. The summed E-state index contributed by atoms with van der Waals surface area (Å²) in [4.78, 5) is 8.90. The molecule has 0 amide bonds. The summed E-state index contributed by atoms with van der Waals surface area (Å²) in [6.07, 6.45) is -1.08. The van der Waals surface area contributed by atoms with Gasteiger partial charge in [-0.25, -0.2) is 4.79 Å². The van der Waals surface area contributed by atoms with Crippen molar-refractivity contribution in [2.24, 2.45) is 0 Å². The molecule has 1 aromatic heterocycles. The average Bonchev–Trinajstić information content (AvgIpc) is 3.53. The normalized spacial score (nSPS) is 13.1. The third-order valence-electron chi connectivity index (χ3n) is 5.75. The topological polar surface area (TPSA) is 90.9 Å². The maximum absolute atomic E-state index is 10.6. The molecule has 0 atom stereocenters. The highest BCUT2D eigenvalue weighted by molar-refractivity contribution is 5.73. The van der Waals surface area contributed by atoms with Crippen LogP contribution in [0.25, 0.3) is 22.4 Å². The van der Waals surface area contributed by atoms with E-state index in [4.69, 9.17) is 9.90 Å². The zero-order chi connectivity index (χ0) is 24.8. The van der Waals surface area contributed by atoms with Gasteiger partial charge < -0.3 is 10.4 Å². The van der Waals surface area contributed by atoms with E-state index in [1.165, 1.54) is 27.8 Å². The Morgan fingerprint density at radius 2 is 1.57 bits per heavy atom. The van der Waals surface area contributed by atoms with E-state index in [-0.39, 0.29) is 0 Å². The van der Waals surface area contributed by atoms with Crippen molar-refractivity contribution in [3.63, 3.8) is 0 Å². The molecule has 1 heterocycles. The minimum atomic E-state index is -5.08. The molecule has 1 aliphatic rings. The summed E-state index contributed by atoms with van der Waals surface area (Å²) in [7, 11) is 0. The molecule has 0 unspecified atom stereocenters. The van der Waals surface area contributed by atoms with E-state index in [9.17, 15) is 13.2 Å². The molecule has 0 spiro atoms. The number of carbonyl (C=O) groups is 1. The van der Waals surface area contributed by atoms with Crippen molar-refractivity contribution < 1.29 is 23.1 Å². The van der Waals surface area contributed by atoms with Crippen LogP contribution >= 0.6 is 0 Å². The molecule has 3 aromatic carbocycles. The highest BCUT2D eigenvalue weighted by Gasteiger charge is 2.38. The van der Waals surface area contributed by atoms with Crippen LogP contribution in [0.15, 0.2) is 79.0 Å². The van der Waals surface area contributed by atoms with Gasteiger partial charge in [-0.1, -0.05) is 66.7 Å². The molecule has 4 aromatic rings. The Kier molecular flexibility index (Phi) is 7.26. The molecule has 5 rings (SSSR count). The number of H-pyrrole nitrogens is 1. The maximum Gasteiger partial charge on any atom is 0.490 e. The lowest BCUT2D eigenvalue weighted by Gasteiger charge is -2.12. The van der Waals surface area contributed by atoms with Gasteiger partial charge in [0.05, 0.1) is 6.20 Å². The molecular weight excluding hydrogens is 457 g/mol. The molecule has 0 saturated heterocycles. The van der Waals surface area contributed by atoms with Crippen molar-refractivity contribution in [1.29, 1.82) is 0 Å². The van der Waals surface area contributed by atoms with Gasteiger partial charge in [0.15, 0.2) is 0 Å². The van der Waals surface area contributed by atoms with E-state index in [2.05, 4.69) is 93.5 Å². The predicted molar refractivity (Wildman–Crippen MR) is 125 cm³/mol. The molecule has 180 valence electrons. The van der Waals surface area contributed by atoms with Gasteiger partial charge in [0.25, 0.3) is 0 Å². The van der Waals surface area contributed by atoms with E-state index in [0.29, 0.717) is 6.04 Å². The van der Waals surface area contributed by atoms with Crippen molar-refractivity contribution in [3.05, 3.63) is 95.7 Å². The second-order valence-corrected chi connectivity index (χ2v) is 8.19. The number of nitrogens with one attached hydrogen (secondary N) is 2. The number of hydrogen-bond acceptors (Lipinski definition) is 4. The Balaban J connectivity index is 0.000000364. The van der Waals surface area contributed by atoms with Crippen molar-refractivity contribution in [3.8, 4) is 22.4 Å². The smallest absolute Gasteiger partial charge is 0.475 e. The number of carboxylic acids is 1. The number of hydrogen-bond donors (Lipinski definition) is 3. The second kappa shape index (κ2) is 10.5. The van der Waals surface area contributed by atoms with Crippen LogP contribution in [0.1, 0.15) is 16.7 Å². The van der Waals surface area contributed by atoms with Crippen LogP contribution in [0.4, 0.5) is 13.2 Å². The average molecular weight is 480 g/mol. The fourth-order valence-electron chi connectivity index (χ4n) is 3.98. The van der Waals surface area contributed by atoms with Gasteiger partial charge in [-0.05, 0) is 46.7 Å². The summed E-state index contributed by atoms with van der Waals surface area (Å²) in [6.45, 7) is 0.901. The van der Waals surface area contributed by atoms with Crippen LogP contribution in [-0.4, -0.2) is 38.7 Å². The Morgan fingerprint density at radius 3 is 2.14 bits per heavy atom. The first kappa shape index (κ1) is 24.2. The first-order valence-corrected chi connectivity index (χ1v) is 11.0. The van der Waals surface area contributed by atoms with Crippen molar-refractivity contribution in [2.75, 3.05) is 0 Å². The molecule has 35 heavy (non-hydrogen) atoms. The fourth-order valence-corrected chi connectivity index (χ4v) is 3.98. The number of aliphatic carboxylic acids is 1. The number of nitrogens with zero attached hydrogens (tertiary/aromatic N) is 2. The zero-order valence-electron chi connectivity index (χ0n) is 18.6. The molecule has 6 nitrogen and oxygen atoms in total. The molecule has 9 heteroatoms. The zero-order valence-corrected chi connectivity index (χ0v) is 18.6. The van der Waals surface area contributed by atoms with Crippen LogP contribution in [0.3, 0.4) is 0 Å². The number of carboxylic acid groups (broad SMARTS) is 1. The number of alkyl halides is 3. The number of rotatable bonds is 5. The monoisotopic (exact) mass is 480 g/mol. The van der Waals surface area contributed by atoms with Gasteiger partial charge in [-0.3, -0.25) is 0 Å². The maximum atomic E-state index is 10.6. The number of benzene rings is 3. The number of fused-ring (bicyclic) bond motifs is 1. The lowest BCUT2D eigenvalue weighted by Crippen LogP contribution is -2.28. The fraction of sp³-hybridized carbons (Fsp3) is 0.192. The van der Waals surface area contributed by atoms with Crippen LogP contribution in [0.5, 0.6) is 0 Å². The largest absolute Gasteiger partial charge is 0.490 e. The first-order chi connectivity index (χ1) is 16.8. The van der Waals surface area contributed by atoms with Crippen molar-refractivity contribution >= 4 is 5.97 Å². The van der Waals surface area contributed by atoms with Crippen LogP contribution in [0, 0.1) is 0 Å². The molecule has 0 aliphatic heterocycles. The molecular formula is C26H23F3N4O2. The summed E-state index contributed by atoms with van der Waals surface area (Å²) in [5.41, 5.74) is 8.61. The summed E-state index contributed by atoms with van der Waals surface area (Å²) >= 11 is 0. The Morgan fingerprint density at radius 1 is 0.943 bits per heavy atom. The van der Waals surface area contributed by atoms with E-state index < -0.39 is 12.1 Å². The van der Waals surface area contributed by atoms with E-state index >= 15 is 0 Å². The summed E-state index contributed by atoms with van der Waals surface area (Å²) in [5, 5.41) is 21.6. The number of halogens is 3. The van der Waals surface area contributed by atoms with E-state index in [1.54, 1.807) is 6.20 Å². The first-order valence-electron chi connectivity index (χ1n) is 11.0. The standard InChI is InChI=1S/C24H22N4.C2HF3O2/c1-2-5-21-14-23(13-20(21)4-1)25-15-17-8-10-18(11-9-17)19-6-3-7-22(12-19)24-16-26-28-27-24;3-2(4,5)1(6)7/h1-12,16,23,25H,13-15H2,(H,26,27,28);(H,6,7). The Hall–Kier alpha value is -3.98. The minimum absolute atomic E-state index is 0.538. The Bertz CT molecular complexity index is 1250. The lowest BCUT2D eigenvalue weighted by atomic mass is 10.0. The van der Waals surface area contributed by atoms with Crippen LogP contribution < -0.4 is 5.32 Å². The van der Waals surface area contributed by atoms with Gasteiger partial charge in [0, 0.05) is 18.2 Å². The van der Waals surface area contributed by atoms with Gasteiger partial charge >= 0.3 is 12.1 Å². The Labute approximate surface area is 199 Å². The predicted octanol–water partition coefficient (Wildman–Crippen LogP) is 5.03. The molecule has 0 bridgehead atoms. The summed E-state index contributed by atoms with van der Waals surface area (Å²) < 4.78 is 31.7. The molecule has 0 fully saturated rings. The lowest BCUT2D eigenvalue weighted by molar-refractivity contribution is -0.192. The van der Waals surface area contributed by atoms with Gasteiger partial charge in [0.2, 0.25) is 0 Å². The van der Waals surface area contributed by atoms with Gasteiger partial charge in [-0.15, -0.1) is 0 Å². The van der Waals surface area contributed by atoms with Gasteiger partial charge in [-0.2, -0.15) is 28.6 Å². The number of aromatic amines is 1. The van der Waals surface area contributed by atoms with Crippen molar-refractivity contribution in [2.45, 2.75) is 31.6 Å². The molecule has 0 radical (unpaired) electrons. The highest BCUT2D eigenvalue weighted by atomic mass is 19.4. The third kappa shape index (κ3) is 6.33. The molecule has 3 N–H and O–H groups in total. The summed E-state index contributed by atoms with van der Waals surface area (Å²) in [5.74, 6) is -2.76. The minimum Gasteiger partial charge on any atom is -0.475 e. The van der Waals surface area contributed by atoms with Crippen LogP contribution in [-0.2, 0) is 24.2 Å². The van der Waals surface area contributed by atoms with E-state index in [0.717, 1.165) is 30.6 Å². The SMILES string of the molecule is O=C(O)C(F)(F)F.c1cc(-c2ccc(CNC3Cc4ccccc4C3)cc2)cc(-c2cn[nH]n2)c1. The van der Waals surface area contributed by atoms with Crippen LogP contribution in [0.2, 0.25) is 0 Å². The van der Waals surface area contributed by atoms with Gasteiger partial charge in [0.1, 0.15) is 5.69 Å². The summed E-state index contributed by atoms with van der Waals surface area (Å²) in [6, 6.07) is 26.5. The quantitative estimate of drug-likeness (QED) is 0.373. The number of aromatic nitrogens is 3. The van der Waals surface area contributed by atoms with E-state index in [1.807, 2.05) is 0 Å². The second-order valence-electron chi connectivity index (χ2n) is 8.19. The molecule has 1 aliphatic carbocycles. The molecule has 0 saturated carbocycles. The highest BCUT2D eigenvalue weighted by Crippen LogP contribution is 2.26. The van der Waals surface area contributed by atoms with Crippen molar-refractivity contribution in [1.82, 2.24) is 20.7 Å².